The maximum absolute atomic E-state index is 12.8. The zero-order chi connectivity index (χ0) is 20.3. The van der Waals surface area contributed by atoms with Gasteiger partial charge in [0.15, 0.2) is 0 Å². The molecule has 1 aromatic heterocycles. The van der Waals surface area contributed by atoms with E-state index in [0.717, 1.165) is 17.8 Å². The largest absolute Gasteiger partial charge is 0.367 e. The molecule has 154 valence electrons. The minimum Gasteiger partial charge on any atom is -0.367 e. The summed E-state index contributed by atoms with van der Waals surface area (Å²) < 4.78 is 0. The highest BCUT2D eigenvalue weighted by Gasteiger charge is 2.25. The summed E-state index contributed by atoms with van der Waals surface area (Å²) in [5.74, 6) is 1.21. The molecule has 2 aliphatic rings. The summed E-state index contributed by atoms with van der Waals surface area (Å²) in [6.45, 7) is 10.00. The van der Waals surface area contributed by atoms with Gasteiger partial charge in [0.1, 0.15) is 5.82 Å². The predicted octanol–water partition coefficient (Wildman–Crippen LogP) is 2.56. The molecule has 1 aliphatic carbocycles. The van der Waals surface area contributed by atoms with Gasteiger partial charge in [-0.2, -0.15) is 0 Å². The Morgan fingerprint density at radius 3 is 2.50 bits per heavy atom. The molecule has 3 rings (SSSR count). The first-order valence-electron chi connectivity index (χ1n) is 10.5. The molecule has 1 aliphatic heterocycles. The number of fused-ring (bicyclic) bond motifs is 1. The van der Waals surface area contributed by atoms with Gasteiger partial charge in [-0.05, 0) is 64.5 Å². The van der Waals surface area contributed by atoms with Gasteiger partial charge in [-0.15, -0.1) is 0 Å². The highest BCUT2D eigenvalue weighted by Crippen LogP contribution is 2.28. The molecule has 1 aromatic rings. The Balaban J connectivity index is 1.79. The van der Waals surface area contributed by atoms with Crippen molar-refractivity contribution in [3.05, 3.63) is 22.9 Å². The number of carbonyl (C=O) groups is 2. The first kappa shape index (κ1) is 20.4. The third kappa shape index (κ3) is 5.36. The molecule has 0 radical (unpaired) electrons. The molecule has 0 saturated heterocycles. The van der Waals surface area contributed by atoms with E-state index in [1.807, 2.05) is 38.7 Å². The Hall–Kier alpha value is -2.31. The molecule has 0 aromatic carbocycles. The van der Waals surface area contributed by atoms with E-state index in [1.165, 1.54) is 12.8 Å². The molecule has 0 spiro atoms. The van der Waals surface area contributed by atoms with Crippen molar-refractivity contribution >= 4 is 17.8 Å². The second-order valence-corrected chi connectivity index (χ2v) is 8.53. The summed E-state index contributed by atoms with van der Waals surface area (Å²) in [5.41, 5.74) is 2.64. The summed E-state index contributed by atoms with van der Waals surface area (Å²) in [6.07, 6.45) is 3.80. The average Bonchev–Trinajstić information content (AvgIpc) is 3.44. The van der Waals surface area contributed by atoms with Gasteiger partial charge in [-0.3, -0.25) is 4.79 Å². The quantitative estimate of drug-likeness (QED) is 0.700. The molecule has 0 unspecified atom stereocenters. The van der Waals surface area contributed by atoms with Crippen molar-refractivity contribution in [1.82, 2.24) is 20.5 Å². The van der Waals surface area contributed by atoms with Gasteiger partial charge in [-0.1, -0.05) is 0 Å². The summed E-state index contributed by atoms with van der Waals surface area (Å²) >= 11 is 0. The van der Waals surface area contributed by atoms with E-state index in [1.54, 1.807) is 0 Å². The molecule has 3 amide bonds. The summed E-state index contributed by atoms with van der Waals surface area (Å²) in [4.78, 5) is 31.8. The van der Waals surface area contributed by atoms with Crippen LogP contribution in [0.3, 0.4) is 0 Å². The zero-order valence-corrected chi connectivity index (χ0v) is 17.5. The summed E-state index contributed by atoms with van der Waals surface area (Å²) in [6, 6.07) is 2.23. The lowest BCUT2D eigenvalue weighted by Crippen LogP contribution is -2.44. The minimum absolute atomic E-state index is 0.0364. The van der Waals surface area contributed by atoms with E-state index in [0.29, 0.717) is 43.2 Å². The molecule has 3 N–H and O–H groups in total. The van der Waals surface area contributed by atoms with Gasteiger partial charge in [0.25, 0.3) is 5.91 Å². The summed E-state index contributed by atoms with van der Waals surface area (Å²) in [5, 5.41) is 9.33. The fraction of sp³-hybridized carbons (Fsp3) is 0.667. The number of aromatic nitrogens is 1. The lowest BCUT2D eigenvalue weighted by Gasteiger charge is -2.22. The van der Waals surface area contributed by atoms with Crippen LogP contribution in [0.2, 0.25) is 0 Å². The smallest absolute Gasteiger partial charge is 0.317 e. The lowest BCUT2D eigenvalue weighted by atomic mass is 10.0. The number of rotatable bonds is 6. The molecule has 7 heteroatoms. The number of pyridine rings is 1. The molecule has 2 heterocycles. The number of anilines is 1. The van der Waals surface area contributed by atoms with E-state index in [-0.39, 0.29) is 24.0 Å². The maximum atomic E-state index is 12.8. The van der Waals surface area contributed by atoms with E-state index in [2.05, 4.69) is 16.0 Å². The second-order valence-electron chi connectivity index (χ2n) is 8.53. The SMILES string of the molecule is CC(C)NC(=O)N1CCc2cc(C(=O)NCC3CC3)c(NC(C)C)nc2CC1. The normalized spacial score (nSPS) is 16.6. The standard InChI is InChI=1S/C21H33N5O2/c1-13(2)23-19-17(20(27)22-12-15-5-6-15)11-16-7-9-26(10-8-18(16)25-19)21(28)24-14(3)4/h11,13-15H,5-10,12H2,1-4H3,(H,22,27)(H,23,25)(H,24,28). The molecular formula is C21H33N5O2. The van der Waals surface area contributed by atoms with Crippen molar-refractivity contribution in [2.45, 2.75) is 65.5 Å². The van der Waals surface area contributed by atoms with Crippen LogP contribution < -0.4 is 16.0 Å². The number of carbonyl (C=O) groups excluding carboxylic acids is 2. The van der Waals surface area contributed by atoms with Gasteiger partial charge >= 0.3 is 6.03 Å². The molecule has 1 saturated carbocycles. The highest BCUT2D eigenvalue weighted by atomic mass is 16.2. The Morgan fingerprint density at radius 1 is 1.14 bits per heavy atom. The number of hydrogen-bond donors (Lipinski definition) is 3. The van der Waals surface area contributed by atoms with Crippen LogP contribution in [0.15, 0.2) is 6.07 Å². The fourth-order valence-corrected chi connectivity index (χ4v) is 3.39. The minimum atomic E-state index is -0.0657. The van der Waals surface area contributed by atoms with Crippen molar-refractivity contribution < 1.29 is 9.59 Å². The van der Waals surface area contributed by atoms with Crippen molar-refractivity contribution in [1.29, 1.82) is 0 Å². The van der Waals surface area contributed by atoms with Gasteiger partial charge in [0.2, 0.25) is 0 Å². The van der Waals surface area contributed by atoms with E-state index in [4.69, 9.17) is 4.98 Å². The average molecular weight is 388 g/mol. The third-order valence-corrected chi connectivity index (χ3v) is 5.08. The Bertz CT molecular complexity index is 728. The monoisotopic (exact) mass is 387 g/mol. The third-order valence-electron chi connectivity index (χ3n) is 5.08. The van der Waals surface area contributed by atoms with Crippen LogP contribution in [0.4, 0.5) is 10.6 Å². The van der Waals surface area contributed by atoms with Crippen molar-refractivity contribution in [3.63, 3.8) is 0 Å². The van der Waals surface area contributed by atoms with Gasteiger partial charge in [0, 0.05) is 43.8 Å². The zero-order valence-electron chi connectivity index (χ0n) is 17.5. The molecule has 0 bridgehead atoms. The first-order valence-corrected chi connectivity index (χ1v) is 10.5. The molecule has 0 atom stereocenters. The molecule has 28 heavy (non-hydrogen) atoms. The van der Waals surface area contributed by atoms with Crippen LogP contribution in [-0.4, -0.2) is 53.5 Å². The topological polar surface area (TPSA) is 86.4 Å². The number of nitrogens with one attached hydrogen (secondary N) is 3. The lowest BCUT2D eigenvalue weighted by molar-refractivity contribution is 0.0952. The predicted molar refractivity (Wildman–Crippen MR) is 111 cm³/mol. The van der Waals surface area contributed by atoms with Crippen LogP contribution in [0.1, 0.15) is 62.2 Å². The highest BCUT2D eigenvalue weighted by molar-refractivity contribution is 5.99. The number of nitrogens with zero attached hydrogens (tertiary/aromatic N) is 2. The second kappa shape index (κ2) is 8.80. The van der Waals surface area contributed by atoms with Crippen molar-refractivity contribution in [2.24, 2.45) is 5.92 Å². The van der Waals surface area contributed by atoms with Crippen LogP contribution in [0.5, 0.6) is 0 Å². The van der Waals surface area contributed by atoms with Crippen LogP contribution >= 0.6 is 0 Å². The van der Waals surface area contributed by atoms with E-state index >= 15 is 0 Å². The van der Waals surface area contributed by atoms with Crippen LogP contribution in [-0.2, 0) is 12.8 Å². The van der Waals surface area contributed by atoms with Gasteiger partial charge < -0.3 is 20.9 Å². The number of amides is 3. The van der Waals surface area contributed by atoms with E-state index < -0.39 is 0 Å². The van der Waals surface area contributed by atoms with Crippen molar-refractivity contribution in [2.75, 3.05) is 25.0 Å². The fourth-order valence-electron chi connectivity index (χ4n) is 3.39. The number of urea groups is 1. The molecule has 7 nitrogen and oxygen atoms in total. The molecule has 1 fully saturated rings. The number of hydrogen-bond acceptors (Lipinski definition) is 4. The maximum Gasteiger partial charge on any atom is 0.317 e. The Morgan fingerprint density at radius 2 is 1.86 bits per heavy atom. The van der Waals surface area contributed by atoms with Gasteiger partial charge in [0.05, 0.1) is 5.56 Å². The van der Waals surface area contributed by atoms with Crippen LogP contribution in [0, 0.1) is 5.92 Å². The van der Waals surface area contributed by atoms with Crippen molar-refractivity contribution in [3.8, 4) is 0 Å². The van der Waals surface area contributed by atoms with Crippen LogP contribution in [0.25, 0.3) is 0 Å². The Kier molecular flexibility index (Phi) is 6.42. The summed E-state index contributed by atoms with van der Waals surface area (Å²) in [7, 11) is 0. The van der Waals surface area contributed by atoms with Gasteiger partial charge in [-0.25, -0.2) is 9.78 Å². The first-order chi connectivity index (χ1) is 13.3. The Labute approximate surface area is 167 Å². The molecular weight excluding hydrogens is 354 g/mol. The van der Waals surface area contributed by atoms with E-state index in [9.17, 15) is 9.59 Å².